The Morgan fingerprint density at radius 2 is 1.12 bits per heavy atom. The van der Waals surface area contributed by atoms with E-state index in [2.05, 4.69) is 9.47 Å². The van der Waals surface area contributed by atoms with Crippen molar-refractivity contribution in [3.05, 3.63) is 0 Å². The second-order valence-electron chi connectivity index (χ2n) is 5.59. The third-order valence-electron chi connectivity index (χ3n) is 3.67. The lowest BCUT2D eigenvalue weighted by atomic mass is 10.2. The first-order valence-corrected chi connectivity index (χ1v) is 8.70. The van der Waals surface area contributed by atoms with Gasteiger partial charge in [0.05, 0.1) is 0 Å². The molecule has 4 amide bonds. The second-order valence-corrected chi connectivity index (χ2v) is 5.59. The molecule has 0 aromatic heterocycles. The number of imide groups is 2. The molecule has 0 N–H and O–H groups in total. The summed E-state index contributed by atoms with van der Waals surface area (Å²) in [6, 6.07) is -0.615. The highest BCUT2D eigenvalue weighted by Gasteiger charge is 2.19. The minimum Gasteiger partial charge on any atom is -0.428 e. The van der Waals surface area contributed by atoms with Crippen molar-refractivity contribution < 1.29 is 23.9 Å². The first-order chi connectivity index (χ1) is 12.7. The summed E-state index contributed by atoms with van der Waals surface area (Å²) in [5.41, 5.74) is 0. The van der Waals surface area contributed by atoms with Gasteiger partial charge in [-0.1, -0.05) is 12.8 Å². The predicted molar refractivity (Wildman–Crippen MR) is 91.0 cm³/mol. The quantitative estimate of drug-likeness (QED) is 0.233. The maximum absolute atomic E-state index is 12.2. The first-order valence-electron chi connectivity index (χ1n) is 8.70. The third kappa shape index (κ3) is 11.7. The van der Waals surface area contributed by atoms with E-state index in [1.54, 1.807) is 12.5 Å². The van der Waals surface area contributed by atoms with Crippen LogP contribution in [0.25, 0.3) is 0 Å². The molecule has 0 rings (SSSR count). The number of nitrogens with zero attached hydrogens (tertiary/aromatic N) is 4. The molecular formula is C17H26N4O5. The SMILES string of the molecule is N#COCCCCCCN(C=O)C(=O)N(C=O)CCCCCCOC#N. The minimum atomic E-state index is -0.615. The lowest BCUT2D eigenvalue weighted by Crippen LogP contribution is -2.42. The van der Waals surface area contributed by atoms with Gasteiger partial charge in [0.2, 0.25) is 12.8 Å². The molecule has 26 heavy (non-hydrogen) atoms. The Labute approximate surface area is 154 Å². The van der Waals surface area contributed by atoms with Crippen LogP contribution in [0.2, 0.25) is 0 Å². The summed E-state index contributed by atoms with van der Waals surface area (Å²) in [7, 11) is 0. The maximum Gasteiger partial charge on any atom is 0.332 e. The van der Waals surface area contributed by atoms with Crippen LogP contribution in [-0.2, 0) is 19.1 Å². The Bertz CT molecular complexity index is 445. The van der Waals surface area contributed by atoms with Crippen LogP contribution < -0.4 is 0 Å². The third-order valence-corrected chi connectivity index (χ3v) is 3.67. The van der Waals surface area contributed by atoms with Crippen molar-refractivity contribution in [2.75, 3.05) is 26.3 Å². The average Bonchev–Trinajstić information content (AvgIpc) is 2.66. The number of rotatable bonds is 16. The van der Waals surface area contributed by atoms with Gasteiger partial charge in [-0.15, -0.1) is 0 Å². The van der Waals surface area contributed by atoms with Gasteiger partial charge in [-0.3, -0.25) is 19.4 Å². The van der Waals surface area contributed by atoms with E-state index in [4.69, 9.17) is 10.5 Å². The van der Waals surface area contributed by atoms with E-state index in [0.29, 0.717) is 38.9 Å². The Balaban J connectivity index is 4.00. The van der Waals surface area contributed by atoms with Gasteiger partial charge in [-0.2, -0.15) is 10.5 Å². The van der Waals surface area contributed by atoms with E-state index in [1.807, 2.05) is 0 Å². The van der Waals surface area contributed by atoms with Crippen LogP contribution in [0.3, 0.4) is 0 Å². The Morgan fingerprint density at radius 3 is 1.46 bits per heavy atom. The number of ether oxygens (including phenoxy) is 2. The smallest absolute Gasteiger partial charge is 0.332 e. The average molecular weight is 366 g/mol. The van der Waals surface area contributed by atoms with Gasteiger partial charge in [-0.25, -0.2) is 4.79 Å². The van der Waals surface area contributed by atoms with Gasteiger partial charge < -0.3 is 9.47 Å². The molecule has 0 aliphatic heterocycles. The number of carbonyl (C=O) groups excluding carboxylic acids is 3. The van der Waals surface area contributed by atoms with Crippen LogP contribution in [0.4, 0.5) is 4.79 Å². The van der Waals surface area contributed by atoms with Gasteiger partial charge in [0.15, 0.2) is 0 Å². The van der Waals surface area contributed by atoms with Gasteiger partial charge >= 0.3 is 6.03 Å². The molecule has 0 aromatic carbocycles. The number of amides is 4. The van der Waals surface area contributed by atoms with Crippen LogP contribution in [0.15, 0.2) is 0 Å². The van der Waals surface area contributed by atoms with Crippen molar-refractivity contribution in [2.45, 2.75) is 51.4 Å². The normalized spacial score (nSPS) is 9.46. The molecule has 0 radical (unpaired) electrons. The fraction of sp³-hybridized carbons (Fsp3) is 0.706. The zero-order valence-electron chi connectivity index (χ0n) is 15.0. The van der Waals surface area contributed by atoms with Crippen LogP contribution in [-0.4, -0.2) is 55.0 Å². The van der Waals surface area contributed by atoms with Crippen molar-refractivity contribution >= 4 is 18.9 Å². The zero-order chi connectivity index (χ0) is 19.5. The summed E-state index contributed by atoms with van der Waals surface area (Å²) in [6.45, 7) is 1.23. The second kappa shape index (κ2) is 17.0. The summed E-state index contributed by atoms with van der Waals surface area (Å²) in [5.74, 6) is 0. The summed E-state index contributed by atoms with van der Waals surface area (Å²) in [4.78, 5) is 36.4. The van der Waals surface area contributed by atoms with Crippen molar-refractivity contribution in [3.63, 3.8) is 0 Å². The lowest BCUT2D eigenvalue weighted by Gasteiger charge is -2.22. The largest absolute Gasteiger partial charge is 0.428 e. The summed E-state index contributed by atoms with van der Waals surface area (Å²) < 4.78 is 9.12. The molecule has 0 heterocycles. The molecule has 0 aromatic rings. The van der Waals surface area contributed by atoms with Crippen LogP contribution in [0.1, 0.15) is 51.4 Å². The molecule has 0 aliphatic rings. The fourth-order valence-corrected chi connectivity index (χ4v) is 2.26. The van der Waals surface area contributed by atoms with Crippen molar-refractivity contribution in [1.29, 1.82) is 10.5 Å². The van der Waals surface area contributed by atoms with Crippen molar-refractivity contribution in [2.24, 2.45) is 0 Å². The predicted octanol–water partition coefficient (Wildman–Crippen LogP) is 2.14. The fourth-order valence-electron chi connectivity index (χ4n) is 2.26. The lowest BCUT2D eigenvalue weighted by molar-refractivity contribution is -0.118. The van der Waals surface area contributed by atoms with E-state index < -0.39 is 6.03 Å². The molecule has 0 saturated carbocycles. The highest BCUT2D eigenvalue weighted by Crippen LogP contribution is 2.06. The summed E-state index contributed by atoms with van der Waals surface area (Å²) in [5, 5.41) is 16.5. The molecule has 9 nitrogen and oxygen atoms in total. The molecule has 144 valence electrons. The van der Waals surface area contributed by atoms with E-state index in [9.17, 15) is 14.4 Å². The molecule has 0 atom stereocenters. The highest BCUT2D eigenvalue weighted by atomic mass is 16.5. The van der Waals surface area contributed by atoms with E-state index in [0.717, 1.165) is 48.3 Å². The topological polar surface area (TPSA) is 124 Å². The van der Waals surface area contributed by atoms with Gasteiger partial charge in [0.1, 0.15) is 13.2 Å². The molecule has 0 unspecified atom stereocenters. The van der Waals surface area contributed by atoms with E-state index in [-0.39, 0.29) is 13.1 Å². The number of carbonyl (C=O) groups is 3. The molecule has 0 aliphatic carbocycles. The van der Waals surface area contributed by atoms with Crippen molar-refractivity contribution in [1.82, 2.24) is 9.80 Å². The summed E-state index contributed by atoms with van der Waals surface area (Å²) >= 11 is 0. The molecule has 0 spiro atoms. The van der Waals surface area contributed by atoms with Gasteiger partial charge in [0.25, 0.3) is 12.5 Å². The Kier molecular flexibility index (Phi) is 15.2. The van der Waals surface area contributed by atoms with E-state index >= 15 is 0 Å². The number of unbranched alkanes of at least 4 members (excludes halogenated alkanes) is 6. The monoisotopic (exact) mass is 366 g/mol. The molecule has 0 bridgehead atoms. The zero-order valence-corrected chi connectivity index (χ0v) is 15.0. The summed E-state index contributed by atoms with van der Waals surface area (Å²) in [6.07, 6.45) is 10.0. The van der Waals surface area contributed by atoms with Gasteiger partial charge in [0, 0.05) is 13.1 Å². The molecule has 0 saturated heterocycles. The van der Waals surface area contributed by atoms with Crippen LogP contribution in [0.5, 0.6) is 0 Å². The standard InChI is InChI=1S/C17H26N4O5/c18-13-25-11-7-3-1-5-9-20(15-22)17(24)21(16-23)10-6-2-4-8-12-26-14-19/h15-16H,1-12H2. The molecular weight excluding hydrogens is 340 g/mol. The number of hydrogen-bond donors (Lipinski definition) is 0. The maximum atomic E-state index is 12.2. The number of hydrogen-bond acceptors (Lipinski definition) is 7. The van der Waals surface area contributed by atoms with Crippen LogP contribution >= 0.6 is 0 Å². The molecule has 9 heteroatoms. The Hall–Kier alpha value is -2.81. The van der Waals surface area contributed by atoms with Crippen molar-refractivity contribution in [3.8, 4) is 12.5 Å². The highest BCUT2D eigenvalue weighted by molar-refractivity contribution is 5.91. The van der Waals surface area contributed by atoms with Crippen LogP contribution in [0, 0.1) is 23.0 Å². The Morgan fingerprint density at radius 1 is 0.731 bits per heavy atom. The number of nitriles is 2. The number of urea groups is 1. The van der Waals surface area contributed by atoms with E-state index in [1.165, 1.54) is 0 Å². The molecule has 0 fully saturated rings. The van der Waals surface area contributed by atoms with Gasteiger partial charge in [-0.05, 0) is 38.5 Å². The minimum absolute atomic E-state index is 0.247. The first kappa shape index (κ1) is 23.2.